The smallest absolute Gasteiger partial charge is 0.315 e. The van der Waals surface area contributed by atoms with E-state index in [4.69, 9.17) is 21.1 Å². The first-order chi connectivity index (χ1) is 10.9. The zero-order chi connectivity index (χ0) is 16.9. The van der Waals surface area contributed by atoms with Crippen molar-refractivity contribution in [3.63, 3.8) is 0 Å². The van der Waals surface area contributed by atoms with Gasteiger partial charge in [-0.3, -0.25) is 0 Å². The molecule has 0 saturated carbocycles. The van der Waals surface area contributed by atoms with Gasteiger partial charge in [0.1, 0.15) is 0 Å². The molecule has 0 aliphatic carbocycles. The van der Waals surface area contributed by atoms with E-state index in [2.05, 4.69) is 10.6 Å². The molecule has 2 N–H and O–H groups in total. The van der Waals surface area contributed by atoms with Crippen molar-refractivity contribution in [2.45, 2.75) is 44.4 Å². The number of amides is 2. The zero-order valence-corrected chi connectivity index (χ0v) is 14.7. The van der Waals surface area contributed by atoms with Gasteiger partial charge in [0, 0.05) is 24.8 Å². The van der Waals surface area contributed by atoms with E-state index in [9.17, 15) is 4.79 Å². The number of hydrogen-bond donors (Lipinski definition) is 2. The SMILES string of the molecule is COC[C@H](NC(=O)N[C@@H]1CCOC(C)(C)C1)c1ccc(Cl)cc1. The van der Waals surface area contributed by atoms with Gasteiger partial charge in [0.05, 0.1) is 18.2 Å². The van der Waals surface area contributed by atoms with Crippen molar-refractivity contribution < 1.29 is 14.3 Å². The molecule has 2 amide bonds. The average Bonchev–Trinajstić information content (AvgIpc) is 2.46. The number of carbonyl (C=O) groups excluding carboxylic acids is 1. The van der Waals surface area contributed by atoms with Crippen molar-refractivity contribution in [3.8, 4) is 0 Å². The minimum absolute atomic E-state index is 0.118. The fraction of sp³-hybridized carbons (Fsp3) is 0.588. The number of benzene rings is 1. The van der Waals surface area contributed by atoms with Crippen LogP contribution in [0, 0.1) is 0 Å². The van der Waals surface area contributed by atoms with Crippen LogP contribution in [0.15, 0.2) is 24.3 Å². The Hall–Kier alpha value is -1.30. The second-order valence-corrected chi connectivity index (χ2v) is 6.91. The average molecular weight is 341 g/mol. The van der Waals surface area contributed by atoms with Crippen LogP contribution >= 0.6 is 11.6 Å². The van der Waals surface area contributed by atoms with Crippen LogP contribution in [0.25, 0.3) is 0 Å². The van der Waals surface area contributed by atoms with E-state index in [1.54, 1.807) is 19.2 Å². The standard InChI is InChI=1S/C17H25ClN2O3/c1-17(2)10-14(8-9-23-17)19-16(21)20-15(11-22-3)12-4-6-13(18)7-5-12/h4-7,14-15H,8-11H2,1-3H3,(H2,19,20,21)/t14-,15+/m1/s1. The third kappa shape index (κ3) is 5.68. The molecule has 0 radical (unpaired) electrons. The Kier molecular flexibility index (Phi) is 6.27. The van der Waals surface area contributed by atoms with Crippen LogP contribution in [-0.4, -0.2) is 38.0 Å². The predicted octanol–water partition coefficient (Wildman–Crippen LogP) is 3.28. The van der Waals surface area contributed by atoms with E-state index in [0.29, 0.717) is 18.2 Å². The Morgan fingerprint density at radius 3 is 2.74 bits per heavy atom. The highest BCUT2D eigenvalue weighted by Gasteiger charge is 2.30. The topological polar surface area (TPSA) is 59.6 Å². The first kappa shape index (κ1) is 18.0. The summed E-state index contributed by atoms with van der Waals surface area (Å²) in [5, 5.41) is 6.67. The summed E-state index contributed by atoms with van der Waals surface area (Å²) >= 11 is 5.91. The number of halogens is 1. The van der Waals surface area contributed by atoms with Gasteiger partial charge < -0.3 is 20.1 Å². The summed E-state index contributed by atoms with van der Waals surface area (Å²) in [5.74, 6) is 0. The molecule has 0 bridgehead atoms. The Labute approximate surface area is 142 Å². The molecule has 1 aromatic carbocycles. The van der Waals surface area contributed by atoms with E-state index in [1.165, 1.54) is 0 Å². The lowest BCUT2D eigenvalue weighted by Crippen LogP contribution is -2.49. The predicted molar refractivity (Wildman–Crippen MR) is 90.8 cm³/mol. The molecule has 0 spiro atoms. The normalized spacial score (nSPS) is 21.5. The molecular weight excluding hydrogens is 316 g/mol. The van der Waals surface area contributed by atoms with Crippen LogP contribution in [-0.2, 0) is 9.47 Å². The number of methoxy groups -OCH3 is 1. The Bertz CT molecular complexity index is 519. The van der Waals surface area contributed by atoms with Gasteiger partial charge in [0.2, 0.25) is 0 Å². The molecule has 2 rings (SSSR count). The molecule has 1 fully saturated rings. The molecule has 5 nitrogen and oxygen atoms in total. The van der Waals surface area contributed by atoms with Gasteiger partial charge >= 0.3 is 6.03 Å². The molecule has 0 aromatic heterocycles. The van der Waals surface area contributed by atoms with Crippen molar-refractivity contribution in [2.75, 3.05) is 20.3 Å². The highest BCUT2D eigenvalue weighted by atomic mass is 35.5. The third-order valence-corrected chi connectivity index (χ3v) is 4.20. The maximum atomic E-state index is 12.3. The summed E-state index contributed by atoms with van der Waals surface area (Å²) in [6.07, 6.45) is 1.63. The zero-order valence-electron chi connectivity index (χ0n) is 13.9. The van der Waals surface area contributed by atoms with Gasteiger partial charge in [-0.05, 0) is 44.4 Å². The maximum Gasteiger partial charge on any atom is 0.315 e. The summed E-state index contributed by atoms with van der Waals surface area (Å²) < 4.78 is 10.9. The van der Waals surface area contributed by atoms with Crippen molar-refractivity contribution in [1.82, 2.24) is 10.6 Å². The van der Waals surface area contributed by atoms with Crippen LogP contribution < -0.4 is 10.6 Å². The van der Waals surface area contributed by atoms with Gasteiger partial charge in [0.25, 0.3) is 0 Å². The Morgan fingerprint density at radius 2 is 2.13 bits per heavy atom. The summed E-state index contributed by atoms with van der Waals surface area (Å²) in [6.45, 7) is 5.14. The van der Waals surface area contributed by atoms with Crippen LogP contribution in [0.2, 0.25) is 5.02 Å². The molecule has 1 aliphatic rings. The lowest BCUT2D eigenvalue weighted by Gasteiger charge is -2.36. The Morgan fingerprint density at radius 1 is 1.43 bits per heavy atom. The largest absolute Gasteiger partial charge is 0.382 e. The number of urea groups is 1. The molecule has 6 heteroatoms. The maximum absolute atomic E-state index is 12.3. The molecule has 128 valence electrons. The number of nitrogens with one attached hydrogen (secondary N) is 2. The van der Waals surface area contributed by atoms with E-state index in [-0.39, 0.29) is 23.7 Å². The summed E-state index contributed by atoms with van der Waals surface area (Å²) in [7, 11) is 1.61. The minimum Gasteiger partial charge on any atom is -0.382 e. The van der Waals surface area contributed by atoms with E-state index < -0.39 is 0 Å². The lowest BCUT2D eigenvalue weighted by molar-refractivity contribution is -0.0611. The second-order valence-electron chi connectivity index (χ2n) is 6.48. The van der Waals surface area contributed by atoms with Crippen molar-refractivity contribution in [1.29, 1.82) is 0 Å². The van der Waals surface area contributed by atoms with E-state index in [0.717, 1.165) is 18.4 Å². The van der Waals surface area contributed by atoms with Crippen LogP contribution in [0.1, 0.15) is 38.3 Å². The summed E-state index contributed by atoms with van der Waals surface area (Å²) in [6, 6.07) is 7.11. The van der Waals surface area contributed by atoms with Gasteiger partial charge in [0.15, 0.2) is 0 Å². The quantitative estimate of drug-likeness (QED) is 0.864. The van der Waals surface area contributed by atoms with Gasteiger partial charge in [-0.25, -0.2) is 4.79 Å². The fourth-order valence-electron chi connectivity index (χ4n) is 2.82. The number of hydrogen-bond acceptors (Lipinski definition) is 3. The van der Waals surface area contributed by atoms with Gasteiger partial charge in [-0.2, -0.15) is 0 Å². The van der Waals surface area contributed by atoms with Crippen molar-refractivity contribution >= 4 is 17.6 Å². The summed E-state index contributed by atoms with van der Waals surface area (Å²) in [4.78, 5) is 12.3. The molecule has 23 heavy (non-hydrogen) atoms. The van der Waals surface area contributed by atoms with Gasteiger partial charge in [-0.15, -0.1) is 0 Å². The molecule has 1 heterocycles. The number of rotatable bonds is 5. The minimum atomic E-state index is -0.217. The van der Waals surface area contributed by atoms with E-state index in [1.807, 2.05) is 26.0 Å². The highest BCUT2D eigenvalue weighted by molar-refractivity contribution is 6.30. The number of carbonyl (C=O) groups is 1. The van der Waals surface area contributed by atoms with Crippen molar-refractivity contribution in [3.05, 3.63) is 34.9 Å². The van der Waals surface area contributed by atoms with E-state index >= 15 is 0 Å². The monoisotopic (exact) mass is 340 g/mol. The molecule has 0 unspecified atom stereocenters. The Balaban J connectivity index is 1.94. The first-order valence-electron chi connectivity index (χ1n) is 7.85. The molecule has 2 atom stereocenters. The fourth-order valence-corrected chi connectivity index (χ4v) is 2.95. The van der Waals surface area contributed by atoms with Crippen LogP contribution in [0.4, 0.5) is 4.79 Å². The van der Waals surface area contributed by atoms with Crippen LogP contribution in [0.5, 0.6) is 0 Å². The molecule has 1 aliphatic heterocycles. The van der Waals surface area contributed by atoms with Crippen LogP contribution in [0.3, 0.4) is 0 Å². The van der Waals surface area contributed by atoms with Crippen molar-refractivity contribution in [2.24, 2.45) is 0 Å². The lowest BCUT2D eigenvalue weighted by atomic mass is 9.94. The third-order valence-electron chi connectivity index (χ3n) is 3.94. The summed E-state index contributed by atoms with van der Waals surface area (Å²) in [5.41, 5.74) is 0.761. The number of ether oxygens (including phenoxy) is 2. The first-order valence-corrected chi connectivity index (χ1v) is 8.23. The highest BCUT2D eigenvalue weighted by Crippen LogP contribution is 2.24. The van der Waals surface area contributed by atoms with Gasteiger partial charge in [-0.1, -0.05) is 23.7 Å². The molecule has 1 saturated heterocycles. The second kappa shape index (κ2) is 7.99. The molecular formula is C17H25ClN2O3. The molecule has 1 aromatic rings.